The van der Waals surface area contributed by atoms with Gasteiger partial charge in [-0.1, -0.05) is 24.3 Å². The van der Waals surface area contributed by atoms with Crippen LogP contribution in [0, 0.1) is 40.7 Å². The molecule has 28 heavy (non-hydrogen) atoms. The monoisotopic (exact) mass is 383 g/mol. The Morgan fingerprint density at radius 2 is 1.54 bits per heavy atom. The molecule has 2 aliphatic carbocycles. The van der Waals surface area contributed by atoms with Crippen LogP contribution in [0.2, 0.25) is 0 Å². The van der Waals surface area contributed by atoms with E-state index in [1.165, 1.54) is 44.2 Å². The second-order valence-corrected chi connectivity index (χ2v) is 8.56. The van der Waals surface area contributed by atoms with Crippen LogP contribution in [0.4, 0.5) is 8.78 Å². The highest BCUT2D eigenvalue weighted by atomic mass is 19.2. The Kier molecular flexibility index (Phi) is 7.83. The molecule has 0 unspecified atom stereocenters. The van der Waals surface area contributed by atoms with Gasteiger partial charge < -0.3 is 0 Å². The summed E-state index contributed by atoms with van der Waals surface area (Å²) >= 11 is 0. The van der Waals surface area contributed by atoms with Crippen molar-refractivity contribution in [2.24, 2.45) is 17.8 Å². The molecule has 1 aromatic carbocycles. The average Bonchev–Trinajstić information content (AvgIpc) is 2.73. The lowest BCUT2D eigenvalue weighted by atomic mass is 9.77. The summed E-state index contributed by atoms with van der Waals surface area (Å²) in [4.78, 5) is 0. The first kappa shape index (κ1) is 20.8. The number of benzene rings is 1. The van der Waals surface area contributed by atoms with Gasteiger partial charge >= 0.3 is 0 Å². The number of nitriles is 1. The van der Waals surface area contributed by atoms with Gasteiger partial charge in [0.2, 0.25) is 0 Å². The van der Waals surface area contributed by atoms with Gasteiger partial charge in [0, 0.05) is 6.08 Å². The second-order valence-electron chi connectivity index (χ2n) is 8.56. The van der Waals surface area contributed by atoms with E-state index >= 15 is 0 Å². The summed E-state index contributed by atoms with van der Waals surface area (Å²) in [6, 6.07) is 6.44. The zero-order valence-electron chi connectivity index (χ0n) is 16.6. The highest BCUT2D eigenvalue weighted by Crippen LogP contribution is 2.38. The maximum atomic E-state index is 13.5. The molecule has 150 valence electrons. The molecular weight excluding hydrogens is 352 g/mol. The van der Waals surface area contributed by atoms with Gasteiger partial charge in [-0.3, -0.25) is 0 Å². The molecule has 0 amide bonds. The SMILES string of the molecule is N#CC=CCC[C@H]1CC[C@H](/C=C/[C@H]2CC[C@H](c3ccc(F)c(F)c3)CC2)CC1. The number of hydrogen-bond donors (Lipinski definition) is 0. The van der Waals surface area contributed by atoms with Crippen molar-refractivity contribution in [3.63, 3.8) is 0 Å². The summed E-state index contributed by atoms with van der Waals surface area (Å²) in [5.74, 6) is 1.06. The zero-order chi connectivity index (χ0) is 19.8. The molecule has 0 heterocycles. The first-order valence-electron chi connectivity index (χ1n) is 10.8. The maximum absolute atomic E-state index is 13.5. The minimum atomic E-state index is -0.756. The van der Waals surface area contributed by atoms with Crippen molar-refractivity contribution < 1.29 is 8.78 Å². The summed E-state index contributed by atoms with van der Waals surface area (Å²) < 4.78 is 26.6. The molecule has 0 spiro atoms. The Labute approximate surface area is 168 Å². The van der Waals surface area contributed by atoms with Crippen molar-refractivity contribution in [1.29, 1.82) is 5.26 Å². The quantitative estimate of drug-likeness (QED) is 0.369. The predicted molar refractivity (Wildman–Crippen MR) is 110 cm³/mol. The molecule has 0 N–H and O–H groups in total. The van der Waals surface area contributed by atoms with E-state index in [0.29, 0.717) is 11.8 Å². The maximum Gasteiger partial charge on any atom is 0.159 e. The van der Waals surface area contributed by atoms with E-state index in [1.54, 1.807) is 12.1 Å². The molecular formula is C25H31F2N. The highest BCUT2D eigenvalue weighted by Gasteiger charge is 2.23. The normalized spacial score (nSPS) is 28.6. The topological polar surface area (TPSA) is 23.8 Å². The Balaban J connectivity index is 1.38. The average molecular weight is 384 g/mol. The van der Waals surface area contributed by atoms with Gasteiger partial charge in [0.1, 0.15) is 0 Å². The molecule has 1 nitrogen and oxygen atoms in total. The third-order valence-electron chi connectivity index (χ3n) is 6.67. The summed E-state index contributed by atoms with van der Waals surface area (Å²) in [7, 11) is 0. The fourth-order valence-electron chi connectivity index (χ4n) is 4.86. The van der Waals surface area contributed by atoms with Crippen LogP contribution in [0.3, 0.4) is 0 Å². The summed E-state index contributed by atoms with van der Waals surface area (Å²) in [5, 5.41) is 8.52. The van der Waals surface area contributed by atoms with E-state index in [1.807, 2.05) is 6.08 Å². The van der Waals surface area contributed by atoms with Crippen LogP contribution in [0.15, 0.2) is 42.5 Å². The number of rotatable bonds is 6. The fraction of sp³-hybridized carbons (Fsp3) is 0.560. The van der Waals surface area contributed by atoms with Crippen LogP contribution in [0.25, 0.3) is 0 Å². The largest absolute Gasteiger partial charge is 0.204 e. The first-order chi connectivity index (χ1) is 13.7. The lowest BCUT2D eigenvalue weighted by molar-refractivity contribution is 0.295. The molecule has 2 saturated carbocycles. The van der Waals surface area contributed by atoms with E-state index in [4.69, 9.17) is 5.26 Å². The molecule has 2 aliphatic rings. The fourth-order valence-corrected chi connectivity index (χ4v) is 4.86. The zero-order valence-corrected chi connectivity index (χ0v) is 16.6. The van der Waals surface area contributed by atoms with Crippen molar-refractivity contribution in [2.45, 2.75) is 70.1 Å². The molecule has 0 saturated heterocycles. The number of halogens is 2. The first-order valence-corrected chi connectivity index (χ1v) is 10.8. The minimum Gasteiger partial charge on any atom is -0.204 e. The molecule has 3 heteroatoms. The number of hydrogen-bond acceptors (Lipinski definition) is 1. The third-order valence-corrected chi connectivity index (χ3v) is 6.67. The van der Waals surface area contributed by atoms with Crippen LogP contribution < -0.4 is 0 Å². The van der Waals surface area contributed by atoms with Crippen LogP contribution in [0.5, 0.6) is 0 Å². The van der Waals surface area contributed by atoms with E-state index < -0.39 is 11.6 Å². The smallest absolute Gasteiger partial charge is 0.159 e. The standard InChI is InChI=1S/C25H31F2N/c26-24-16-15-23(18-25(24)27)22-13-11-21(12-14-22)10-9-20-7-5-19(6-8-20)4-2-1-3-17-28/h1,3,9-10,15-16,18-22H,2,4-8,11-14H2/b3-1?,10-9+/t19-,20-,21-,22-. The Bertz CT molecular complexity index is 715. The number of nitrogens with zero attached hydrogens (tertiary/aromatic N) is 1. The van der Waals surface area contributed by atoms with Crippen LogP contribution in [-0.4, -0.2) is 0 Å². The van der Waals surface area contributed by atoms with Crippen molar-refractivity contribution in [3.05, 3.63) is 59.7 Å². The van der Waals surface area contributed by atoms with E-state index in [9.17, 15) is 8.78 Å². The van der Waals surface area contributed by atoms with Crippen LogP contribution in [0.1, 0.15) is 75.7 Å². The summed E-state index contributed by atoms with van der Waals surface area (Å²) in [6.07, 6.45) is 20.3. The highest BCUT2D eigenvalue weighted by molar-refractivity contribution is 5.22. The lowest BCUT2D eigenvalue weighted by Gasteiger charge is -2.29. The molecule has 0 radical (unpaired) electrons. The molecule has 0 atom stereocenters. The summed E-state index contributed by atoms with van der Waals surface area (Å²) in [6.45, 7) is 0. The Morgan fingerprint density at radius 1 is 0.893 bits per heavy atom. The molecule has 0 aromatic heterocycles. The van der Waals surface area contributed by atoms with Crippen molar-refractivity contribution >= 4 is 0 Å². The Morgan fingerprint density at radius 3 is 2.14 bits per heavy atom. The molecule has 0 aliphatic heterocycles. The van der Waals surface area contributed by atoms with Gasteiger partial charge in [-0.2, -0.15) is 5.26 Å². The molecule has 3 rings (SSSR count). The van der Waals surface area contributed by atoms with Crippen LogP contribution >= 0.6 is 0 Å². The van der Waals surface area contributed by atoms with Crippen LogP contribution in [-0.2, 0) is 0 Å². The predicted octanol–water partition coefficient (Wildman–Crippen LogP) is 7.46. The van der Waals surface area contributed by atoms with Gasteiger partial charge in [0.15, 0.2) is 11.6 Å². The Hall–Kier alpha value is -1.95. The van der Waals surface area contributed by atoms with E-state index in [2.05, 4.69) is 18.2 Å². The third kappa shape index (κ3) is 6.03. The van der Waals surface area contributed by atoms with Gasteiger partial charge in [0.25, 0.3) is 0 Å². The second kappa shape index (κ2) is 10.6. The van der Waals surface area contributed by atoms with Crippen molar-refractivity contribution in [3.8, 4) is 6.07 Å². The molecule has 2 fully saturated rings. The minimum absolute atomic E-state index is 0.366. The summed E-state index contributed by atoms with van der Waals surface area (Å²) in [5.41, 5.74) is 0.948. The van der Waals surface area contributed by atoms with E-state index in [0.717, 1.165) is 49.5 Å². The van der Waals surface area contributed by atoms with E-state index in [-0.39, 0.29) is 0 Å². The van der Waals surface area contributed by atoms with Gasteiger partial charge in [0.05, 0.1) is 6.07 Å². The van der Waals surface area contributed by atoms with Crippen molar-refractivity contribution in [1.82, 2.24) is 0 Å². The van der Waals surface area contributed by atoms with Gasteiger partial charge in [-0.25, -0.2) is 8.78 Å². The number of allylic oxidation sites excluding steroid dienone is 4. The molecule has 1 aromatic rings. The van der Waals surface area contributed by atoms with Crippen molar-refractivity contribution in [2.75, 3.05) is 0 Å². The lowest BCUT2D eigenvalue weighted by Crippen LogP contribution is -2.14. The van der Waals surface area contributed by atoms with Gasteiger partial charge in [-0.05, 0) is 106 Å². The molecule has 0 bridgehead atoms. The van der Waals surface area contributed by atoms with Gasteiger partial charge in [-0.15, -0.1) is 0 Å².